The maximum absolute atomic E-state index is 12.2. The molecule has 6 heteroatoms. The van der Waals surface area contributed by atoms with Gasteiger partial charge in [0.1, 0.15) is 0 Å². The van der Waals surface area contributed by atoms with Crippen LogP contribution in [-0.4, -0.2) is 33.9 Å². The standard InChI is InChI=1S/C15H23N5O/c21-14(19-13-5-8-16-15(13)6-2-7-15)18-11-9-17-20(10-11)12-3-1-4-12/h9-10,12-13,16H,1-8H2,(H2,18,19,21). The molecule has 2 heterocycles. The van der Waals surface area contributed by atoms with Crippen LogP contribution in [0.5, 0.6) is 0 Å². The summed E-state index contributed by atoms with van der Waals surface area (Å²) in [6.07, 6.45) is 12.0. The van der Waals surface area contributed by atoms with E-state index in [1.54, 1.807) is 6.20 Å². The van der Waals surface area contributed by atoms with E-state index in [-0.39, 0.29) is 17.6 Å². The summed E-state index contributed by atoms with van der Waals surface area (Å²) >= 11 is 0. The van der Waals surface area contributed by atoms with E-state index < -0.39 is 0 Å². The van der Waals surface area contributed by atoms with Gasteiger partial charge in [-0.2, -0.15) is 5.10 Å². The number of anilines is 1. The van der Waals surface area contributed by atoms with Gasteiger partial charge in [-0.1, -0.05) is 0 Å². The SMILES string of the molecule is O=C(Nc1cnn(C2CCC2)c1)NC1CCNC12CCC2. The molecule has 1 saturated heterocycles. The smallest absolute Gasteiger partial charge is 0.319 e. The summed E-state index contributed by atoms with van der Waals surface area (Å²) in [5.74, 6) is 0. The van der Waals surface area contributed by atoms with Gasteiger partial charge in [0.15, 0.2) is 0 Å². The number of rotatable bonds is 3. The van der Waals surface area contributed by atoms with Crippen molar-refractivity contribution >= 4 is 11.7 Å². The molecule has 0 bridgehead atoms. The van der Waals surface area contributed by atoms with Gasteiger partial charge in [-0.25, -0.2) is 4.79 Å². The lowest BCUT2D eigenvalue weighted by Gasteiger charge is -2.43. The summed E-state index contributed by atoms with van der Waals surface area (Å²) in [5.41, 5.74) is 0.959. The molecule has 1 unspecified atom stereocenters. The Kier molecular flexibility index (Phi) is 3.14. The molecular formula is C15H23N5O. The Hall–Kier alpha value is -1.56. The fourth-order valence-electron chi connectivity index (χ4n) is 3.74. The molecular weight excluding hydrogens is 266 g/mol. The van der Waals surface area contributed by atoms with Crippen molar-refractivity contribution in [1.29, 1.82) is 0 Å². The third-order valence-electron chi connectivity index (χ3n) is 5.44. The van der Waals surface area contributed by atoms with Crippen molar-refractivity contribution in [2.24, 2.45) is 0 Å². The molecule has 6 nitrogen and oxygen atoms in total. The summed E-state index contributed by atoms with van der Waals surface area (Å²) in [6.45, 7) is 1.00. The minimum Gasteiger partial charge on any atom is -0.333 e. The summed E-state index contributed by atoms with van der Waals surface area (Å²) < 4.78 is 1.98. The number of nitrogens with zero attached hydrogens (tertiary/aromatic N) is 2. The monoisotopic (exact) mass is 289 g/mol. The van der Waals surface area contributed by atoms with Crippen LogP contribution < -0.4 is 16.0 Å². The molecule has 0 aromatic carbocycles. The molecule has 3 N–H and O–H groups in total. The van der Waals surface area contributed by atoms with Gasteiger partial charge in [0.25, 0.3) is 0 Å². The number of hydrogen-bond donors (Lipinski definition) is 3. The largest absolute Gasteiger partial charge is 0.333 e. The molecule has 114 valence electrons. The van der Waals surface area contributed by atoms with Crippen LogP contribution in [0.3, 0.4) is 0 Å². The van der Waals surface area contributed by atoms with Crippen LogP contribution in [0.25, 0.3) is 0 Å². The Morgan fingerprint density at radius 2 is 2.19 bits per heavy atom. The van der Waals surface area contributed by atoms with Crippen LogP contribution in [0.15, 0.2) is 12.4 Å². The molecule has 1 aliphatic heterocycles. The van der Waals surface area contributed by atoms with Crippen LogP contribution in [0.2, 0.25) is 0 Å². The number of carbonyl (C=O) groups excluding carboxylic acids is 1. The van der Waals surface area contributed by atoms with E-state index in [1.165, 1.54) is 38.5 Å². The average Bonchev–Trinajstić information content (AvgIpc) is 2.93. The lowest BCUT2D eigenvalue weighted by atomic mass is 9.73. The second kappa shape index (κ2) is 5.02. The maximum atomic E-state index is 12.2. The molecule has 2 saturated carbocycles. The third-order valence-corrected chi connectivity index (χ3v) is 5.44. The molecule has 1 atom stereocenters. The molecule has 1 aromatic heterocycles. The molecule has 1 aromatic rings. The first-order valence-corrected chi connectivity index (χ1v) is 8.12. The van der Waals surface area contributed by atoms with Crippen LogP contribution >= 0.6 is 0 Å². The number of hydrogen-bond acceptors (Lipinski definition) is 3. The van der Waals surface area contributed by atoms with Gasteiger partial charge in [-0.3, -0.25) is 4.68 Å². The van der Waals surface area contributed by atoms with Crippen LogP contribution in [0.4, 0.5) is 10.5 Å². The van der Waals surface area contributed by atoms with Crippen molar-refractivity contribution in [3.8, 4) is 0 Å². The highest BCUT2D eigenvalue weighted by Gasteiger charge is 2.47. The van der Waals surface area contributed by atoms with Crippen molar-refractivity contribution in [1.82, 2.24) is 20.4 Å². The Bertz CT molecular complexity index is 532. The molecule has 2 aliphatic carbocycles. The van der Waals surface area contributed by atoms with Crippen molar-refractivity contribution in [3.05, 3.63) is 12.4 Å². The average molecular weight is 289 g/mol. The Labute approximate surface area is 124 Å². The number of urea groups is 1. The van der Waals surface area contributed by atoms with Gasteiger partial charge in [-0.05, 0) is 51.5 Å². The number of aromatic nitrogens is 2. The van der Waals surface area contributed by atoms with Gasteiger partial charge in [0.05, 0.1) is 17.9 Å². The normalized spacial score (nSPS) is 27.1. The van der Waals surface area contributed by atoms with Gasteiger partial charge in [0, 0.05) is 17.8 Å². The van der Waals surface area contributed by atoms with E-state index in [1.807, 2.05) is 10.9 Å². The molecule has 3 fully saturated rings. The molecule has 1 spiro atoms. The third kappa shape index (κ3) is 2.31. The Balaban J connectivity index is 1.34. The lowest BCUT2D eigenvalue weighted by Crippen LogP contribution is -2.59. The van der Waals surface area contributed by atoms with E-state index in [0.29, 0.717) is 6.04 Å². The maximum Gasteiger partial charge on any atom is 0.319 e. The number of amides is 2. The van der Waals surface area contributed by atoms with E-state index in [2.05, 4.69) is 21.0 Å². The first kappa shape index (κ1) is 13.1. The predicted octanol–water partition coefficient (Wildman–Crippen LogP) is 2.01. The van der Waals surface area contributed by atoms with Gasteiger partial charge in [0.2, 0.25) is 0 Å². The molecule has 2 amide bonds. The first-order chi connectivity index (χ1) is 10.3. The highest BCUT2D eigenvalue weighted by Crippen LogP contribution is 2.39. The molecule has 3 aliphatic rings. The zero-order chi connectivity index (χ0) is 14.3. The Morgan fingerprint density at radius 1 is 1.33 bits per heavy atom. The minimum absolute atomic E-state index is 0.108. The molecule has 21 heavy (non-hydrogen) atoms. The lowest BCUT2D eigenvalue weighted by molar-refractivity contribution is 0.172. The van der Waals surface area contributed by atoms with E-state index in [9.17, 15) is 4.79 Å². The molecule has 0 radical (unpaired) electrons. The van der Waals surface area contributed by atoms with Crippen LogP contribution in [0, 0.1) is 0 Å². The Morgan fingerprint density at radius 3 is 2.86 bits per heavy atom. The van der Waals surface area contributed by atoms with E-state index >= 15 is 0 Å². The summed E-state index contributed by atoms with van der Waals surface area (Å²) in [5, 5.41) is 14.0. The minimum atomic E-state index is -0.108. The van der Waals surface area contributed by atoms with Crippen molar-refractivity contribution < 1.29 is 4.79 Å². The summed E-state index contributed by atoms with van der Waals surface area (Å²) in [4.78, 5) is 12.2. The summed E-state index contributed by atoms with van der Waals surface area (Å²) in [6, 6.07) is 0.678. The zero-order valence-electron chi connectivity index (χ0n) is 12.3. The fourth-order valence-corrected chi connectivity index (χ4v) is 3.74. The topological polar surface area (TPSA) is 71.0 Å². The predicted molar refractivity (Wildman–Crippen MR) is 80.3 cm³/mol. The molecule has 4 rings (SSSR count). The van der Waals surface area contributed by atoms with Gasteiger partial charge >= 0.3 is 6.03 Å². The zero-order valence-corrected chi connectivity index (χ0v) is 12.3. The first-order valence-electron chi connectivity index (χ1n) is 8.12. The second-order valence-electron chi connectivity index (χ2n) is 6.67. The van der Waals surface area contributed by atoms with Crippen molar-refractivity contribution in [3.63, 3.8) is 0 Å². The fraction of sp³-hybridized carbons (Fsp3) is 0.733. The highest BCUT2D eigenvalue weighted by molar-refractivity contribution is 5.89. The second-order valence-corrected chi connectivity index (χ2v) is 6.67. The van der Waals surface area contributed by atoms with Crippen molar-refractivity contribution in [2.45, 2.75) is 62.6 Å². The van der Waals surface area contributed by atoms with Crippen LogP contribution in [-0.2, 0) is 0 Å². The summed E-state index contributed by atoms with van der Waals surface area (Å²) in [7, 11) is 0. The van der Waals surface area contributed by atoms with Crippen LogP contribution in [0.1, 0.15) is 51.0 Å². The quantitative estimate of drug-likeness (QED) is 0.797. The van der Waals surface area contributed by atoms with Gasteiger partial charge in [-0.15, -0.1) is 0 Å². The number of nitrogens with one attached hydrogen (secondary N) is 3. The number of carbonyl (C=O) groups is 1. The highest BCUT2D eigenvalue weighted by atomic mass is 16.2. The van der Waals surface area contributed by atoms with E-state index in [4.69, 9.17) is 0 Å². The van der Waals surface area contributed by atoms with E-state index in [0.717, 1.165) is 18.7 Å². The van der Waals surface area contributed by atoms with Gasteiger partial charge < -0.3 is 16.0 Å². The van der Waals surface area contributed by atoms with Crippen molar-refractivity contribution in [2.75, 3.05) is 11.9 Å².